The molecule has 36 heavy (non-hydrogen) atoms. The number of nitrogens with zero attached hydrogens (tertiary/aromatic N) is 4. The number of aromatic nitrogens is 3. The predicted octanol–water partition coefficient (Wildman–Crippen LogP) is 4.45. The molecule has 0 radical (unpaired) electrons. The number of halogens is 5. The van der Waals surface area contributed by atoms with Gasteiger partial charge in [0.1, 0.15) is 0 Å². The zero-order valence-electron chi connectivity index (χ0n) is 18.9. The van der Waals surface area contributed by atoms with Gasteiger partial charge in [0, 0.05) is 36.5 Å². The van der Waals surface area contributed by atoms with E-state index in [0.717, 1.165) is 22.8 Å². The van der Waals surface area contributed by atoms with Crippen LogP contribution < -0.4 is 11.2 Å². The van der Waals surface area contributed by atoms with E-state index >= 15 is 0 Å². The molecule has 0 aliphatic carbocycles. The number of benzene rings is 2. The van der Waals surface area contributed by atoms with Gasteiger partial charge in [-0.15, -0.1) is 0 Å². The van der Waals surface area contributed by atoms with Crippen molar-refractivity contribution in [2.24, 2.45) is 0 Å². The van der Waals surface area contributed by atoms with Crippen LogP contribution in [0.3, 0.4) is 0 Å². The normalized spacial score (nSPS) is 16.6. The van der Waals surface area contributed by atoms with Gasteiger partial charge in [-0.25, -0.2) is 18.1 Å². The van der Waals surface area contributed by atoms with Crippen LogP contribution in [0.25, 0.3) is 27.4 Å². The SMILES string of the molecule is O=c1c2cc(C(F)(F)F)ccc2n(CCN2CCCC(F)(F)C2)c(=O)n1-c1cncc2ccccc12. The molecule has 6 nitrogen and oxygen atoms in total. The van der Waals surface area contributed by atoms with Gasteiger partial charge in [0.25, 0.3) is 11.5 Å². The van der Waals surface area contributed by atoms with E-state index in [2.05, 4.69) is 4.98 Å². The largest absolute Gasteiger partial charge is 0.416 e. The highest BCUT2D eigenvalue weighted by atomic mass is 19.4. The number of hydrogen-bond acceptors (Lipinski definition) is 4. The highest BCUT2D eigenvalue weighted by Gasteiger charge is 2.35. The number of alkyl halides is 5. The minimum absolute atomic E-state index is 0.00576. The molecule has 11 heteroatoms. The van der Waals surface area contributed by atoms with Crippen molar-refractivity contribution in [1.82, 2.24) is 19.0 Å². The topological polar surface area (TPSA) is 60.1 Å². The van der Waals surface area contributed by atoms with Crippen molar-refractivity contribution in [3.05, 3.63) is 81.3 Å². The summed E-state index contributed by atoms with van der Waals surface area (Å²) in [6.45, 7) is -0.0783. The van der Waals surface area contributed by atoms with Gasteiger partial charge < -0.3 is 0 Å². The maximum atomic E-state index is 13.9. The molecule has 188 valence electrons. The van der Waals surface area contributed by atoms with Crippen LogP contribution in [0.1, 0.15) is 18.4 Å². The Morgan fingerprint density at radius 2 is 1.75 bits per heavy atom. The van der Waals surface area contributed by atoms with E-state index in [0.29, 0.717) is 23.7 Å². The van der Waals surface area contributed by atoms with Crippen molar-refractivity contribution in [2.45, 2.75) is 31.5 Å². The van der Waals surface area contributed by atoms with Gasteiger partial charge in [0.15, 0.2) is 0 Å². The third kappa shape index (κ3) is 4.39. The van der Waals surface area contributed by atoms with Crippen molar-refractivity contribution in [1.29, 1.82) is 0 Å². The second-order valence-corrected chi connectivity index (χ2v) is 8.92. The third-order valence-electron chi connectivity index (χ3n) is 6.47. The fraction of sp³-hybridized carbons (Fsp3) is 0.320. The van der Waals surface area contributed by atoms with Crippen LogP contribution in [0.15, 0.2) is 64.4 Å². The lowest BCUT2D eigenvalue weighted by Gasteiger charge is -2.32. The average molecular weight is 504 g/mol. The van der Waals surface area contributed by atoms with Gasteiger partial charge in [0.05, 0.1) is 34.9 Å². The standard InChI is InChI=1S/C25H21F5N4O2/c26-24(27)8-3-9-32(15-24)10-11-33-20-7-6-17(25(28,29)30)12-19(20)22(35)34(23(33)36)21-14-31-13-16-4-1-2-5-18(16)21/h1-2,4-7,12-14H,3,8-11,15H2. The number of rotatable bonds is 4. The molecule has 5 rings (SSSR count). The highest BCUT2D eigenvalue weighted by molar-refractivity contribution is 5.89. The van der Waals surface area contributed by atoms with Crippen LogP contribution in [0.2, 0.25) is 0 Å². The van der Waals surface area contributed by atoms with Crippen molar-refractivity contribution in [2.75, 3.05) is 19.6 Å². The Labute approximate surface area is 201 Å². The Hall–Kier alpha value is -3.60. The quantitative estimate of drug-likeness (QED) is 0.386. The summed E-state index contributed by atoms with van der Waals surface area (Å²) in [5, 5.41) is 0.842. The van der Waals surface area contributed by atoms with E-state index in [1.165, 1.54) is 15.7 Å². The lowest BCUT2D eigenvalue weighted by Crippen LogP contribution is -2.45. The zero-order valence-corrected chi connectivity index (χ0v) is 18.9. The van der Waals surface area contributed by atoms with Crippen LogP contribution in [-0.4, -0.2) is 44.6 Å². The molecule has 0 saturated carbocycles. The smallest absolute Gasteiger partial charge is 0.296 e. The molecule has 1 fully saturated rings. The molecule has 4 aromatic rings. The van der Waals surface area contributed by atoms with Crippen LogP contribution in [0.5, 0.6) is 0 Å². The van der Waals surface area contributed by atoms with Crippen molar-refractivity contribution >= 4 is 21.7 Å². The number of piperidine rings is 1. The Kier molecular flexibility index (Phi) is 5.90. The van der Waals surface area contributed by atoms with E-state index < -0.39 is 35.5 Å². The first-order valence-electron chi connectivity index (χ1n) is 11.4. The maximum absolute atomic E-state index is 13.9. The predicted molar refractivity (Wildman–Crippen MR) is 125 cm³/mol. The summed E-state index contributed by atoms with van der Waals surface area (Å²) >= 11 is 0. The molecule has 0 unspecified atom stereocenters. The second kappa shape index (κ2) is 8.81. The Morgan fingerprint density at radius 1 is 0.972 bits per heavy atom. The van der Waals surface area contributed by atoms with E-state index in [1.807, 2.05) is 0 Å². The second-order valence-electron chi connectivity index (χ2n) is 8.92. The lowest BCUT2D eigenvalue weighted by molar-refractivity contribution is -0.137. The first-order chi connectivity index (χ1) is 17.0. The molecular weight excluding hydrogens is 483 g/mol. The van der Waals surface area contributed by atoms with Gasteiger partial charge in [-0.1, -0.05) is 24.3 Å². The fourth-order valence-electron chi connectivity index (χ4n) is 4.74. The molecule has 0 amide bonds. The molecule has 2 aromatic carbocycles. The summed E-state index contributed by atoms with van der Waals surface area (Å²) in [4.78, 5) is 32.7. The Balaban J connectivity index is 1.71. The Morgan fingerprint density at radius 3 is 2.50 bits per heavy atom. The molecule has 2 aromatic heterocycles. The van der Waals surface area contributed by atoms with Gasteiger partial charge in [-0.2, -0.15) is 13.2 Å². The summed E-state index contributed by atoms with van der Waals surface area (Å²) in [6.07, 6.45) is -1.78. The van der Waals surface area contributed by atoms with E-state index in [-0.39, 0.29) is 36.1 Å². The number of fused-ring (bicyclic) bond motifs is 2. The minimum atomic E-state index is -4.70. The number of pyridine rings is 1. The number of hydrogen-bond donors (Lipinski definition) is 0. The maximum Gasteiger partial charge on any atom is 0.416 e. The van der Waals surface area contributed by atoms with Crippen molar-refractivity contribution in [3.8, 4) is 5.69 Å². The van der Waals surface area contributed by atoms with Gasteiger partial charge >= 0.3 is 11.9 Å². The van der Waals surface area contributed by atoms with Crippen LogP contribution >= 0.6 is 0 Å². The van der Waals surface area contributed by atoms with Crippen molar-refractivity contribution < 1.29 is 22.0 Å². The summed E-state index contributed by atoms with van der Waals surface area (Å²) < 4.78 is 70.1. The fourth-order valence-corrected chi connectivity index (χ4v) is 4.74. The monoisotopic (exact) mass is 504 g/mol. The summed E-state index contributed by atoms with van der Waals surface area (Å²) in [6, 6.07) is 9.46. The molecule has 0 spiro atoms. The Bertz CT molecular complexity index is 1570. The molecular formula is C25H21F5N4O2. The third-order valence-corrected chi connectivity index (χ3v) is 6.47. The van der Waals surface area contributed by atoms with E-state index in [4.69, 9.17) is 0 Å². The minimum Gasteiger partial charge on any atom is -0.296 e. The summed E-state index contributed by atoms with van der Waals surface area (Å²) in [5.74, 6) is -2.85. The highest BCUT2D eigenvalue weighted by Crippen LogP contribution is 2.31. The van der Waals surface area contributed by atoms with Gasteiger partial charge in [0.2, 0.25) is 0 Å². The van der Waals surface area contributed by atoms with E-state index in [1.54, 1.807) is 30.5 Å². The lowest BCUT2D eigenvalue weighted by atomic mass is 10.1. The molecule has 0 N–H and O–H groups in total. The van der Waals surface area contributed by atoms with Gasteiger partial charge in [-0.05, 0) is 31.2 Å². The zero-order chi connectivity index (χ0) is 25.7. The molecule has 0 bridgehead atoms. The van der Waals surface area contributed by atoms with Crippen LogP contribution in [0.4, 0.5) is 22.0 Å². The summed E-state index contributed by atoms with van der Waals surface area (Å²) in [7, 11) is 0. The molecule has 1 aliphatic heterocycles. The first kappa shape index (κ1) is 24.1. The van der Waals surface area contributed by atoms with Crippen molar-refractivity contribution in [3.63, 3.8) is 0 Å². The summed E-state index contributed by atoms with van der Waals surface area (Å²) in [5.41, 5.74) is -2.60. The first-order valence-corrected chi connectivity index (χ1v) is 11.4. The molecule has 1 aliphatic rings. The average Bonchev–Trinajstić information content (AvgIpc) is 2.83. The van der Waals surface area contributed by atoms with Crippen LogP contribution in [0, 0.1) is 0 Å². The number of likely N-dealkylation sites (tertiary alicyclic amines) is 1. The van der Waals surface area contributed by atoms with Crippen LogP contribution in [-0.2, 0) is 12.7 Å². The molecule has 0 atom stereocenters. The molecule has 1 saturated heterocycles. The van der Waals surface area contributed by atoms with Gasteiger partial charge in [-0.3, -0.25) is 19.2 Å². The molecule has 3 heterocycles. The van der Waals surface area contributed by atoms with E-state index in [9.17, 15) is 31.5 Å².